The monoisotopic (exact) mass is 247 g/mol. The SMILES string of the molecule is COc1ccc(CCCC(=O)[C@@H]2CCCN2)cc1. The van der Waals surface area contributed by atoms with Crippen LogP contribution in [0.25, 0.3) is 0 Å². The number of benzene rings is 1. The van der Waals surface area contributed by atoms with E-state index < -0.39 is 0 Å². The van der Waals surface area contributed by atoms with Gasteiger partial charge >= 0.3 is 0 Å². The highest BCUT2D eigenvalue weighted by Gasteiger charge is 2.20. The molecule has 1 aliphatic rings. The molecule has 0 amide bonds. The van der Waals surface area contributed by atoms with Crippen molar-refractivity contribution >= 4 is 5.78 Å². The molecule has 18 heavy (non-hydrogen) atoms. The Kier molecular flexibility index (Phi) is 4.76. The van der Waals surface area contributed by atoms with E-state index in [2.05, 4.69) is 17.4 Å². The Balaban J connectivity index is 1.72. The number of carbonyl (C=O) groups excluding carboxylic acids is 1. The molecule has 98 valence electrons. The summed E-state index contributed by atoms with van der Waals surface area (Å²) in [5.74, 6) is 1.26. The van der Waals surface area contributed by atoms with Crippen LogP contribution >= 0.6 is 0 Å². The number of carbonyl (C=O) groups is 1. The molecule has 1 heterocycles. The molecule has 0 bridgehead atoms. The van der Waals surface area contributed by atoms with Crippen LogP contribution in [0.5, 0.6) is 5.75 Å². The Hall–Kier alpha value is -1.35. The minimum absolute atomic E-state index is 0.126. The third kappa shape index (κ3) is 3.57. The molecule has 0 aromatic heterocycles. The summed E-state index contributed by atoms with van der Waals surface area (Å²) >= 11 is 0. The van der Waals surface area contributed by atoms with Gasteiger partial charge in [-0.15, -0.1) is 0 Å². The number of nitrogens with one attached hydrogen (secondary N) is 1. The molecule has 3 nitrogen and oxygen atoms in total. The van der Waals surface area contributed by atoms with E-state index in [1.807, 2.05) is 12.1 Å². The molecule has 3 heteroatoms. The van der Waals surface area contributed by atoms with Crippen molar-refractivity contribution in [3.8, 4) is 5.75 Å². The number of aryl methyl sites for hydroxylation is 1. The van der Waals surface area contributed by atoms with Gasteiger partial charge in [-0.2, -0.15) is 0 Å². The molecule has 0 saturated carbocycles. The van der Waals surface area contributed by atoms with Crippen LogP contribution in [0.4, 0.5) is 0 Å². The topological polar surface area (TPSA) is 38.3 Å². The second-order valence-corrected chi connectivity index (χ2v) is 4.82. The summed E-state index contributed by atoms with van der Waals surface area (Å²) in [6, 6.07) is 8.19. The van der Waals surface area contributed by atoms with E-state index in [-0.39, 0.29) is 6.04 Å². The van der Waals surface area contributed by atoms with Crippen molar-refractivity contribution in [2.24, 2.45) is 0 Å². The van der Waals surface area contributed by atoms with E-state index in [0.717, 1.165) is 38.0 Å². The lowest BCUT2D eigenvalue weighted by Gasteiger charge is -2.08. The number of ether oxygens (including phenoxy) is 1. The smallest absolute Gasteiger partial charge is 0.149 e. The van der Waals surface area contributed by atoms with Crippen LogP contribution in [0.2, 0.25) is 0 Å². The lowest BCUT2D eigenvalue weighted by atomic mass is 10.0. The van der Waals surface area contributed by atoms with Gasteiger partial charge in [-0.05, 0) is 49.9 Å². The highest BCUT2D eigenvalue weighted by atomic mass is 16.5. The molecule has 2 rings (SSSR count). The Bertz CT molecular complexity index is 380. The molecule has 0 unspecified atom stereocenters. The maximum atomic E-state index is 11.9. The molecular formula is C15H21NO2. The fourth-order valence-corrected chi connectivity index (χ4v) is 2.39. The van der Waals surface area contributed by atoms with Crippen molar-refractivity contribution in [3.05, 3.63) is 29.8 Å². The van der Waals surface area contributed by atoms with Gasteiger partial charge in [0, 0.05) is 6.42 Å². The zero-order valence-corrected chi connectivity index (χ0v) is 10.9. The first-order chi connectivity index (χ1) is 8.79. The standard InChI is InChI=1S/C15H21NO2/c1-18-13-9-7-12(8-10-13)4-2-6-15(17)14-5-3-11-16-14/h7-10,14,16H,2-6,11H2,1H3/t14-/m0/s1. The Morgan fingerprint density at radius 3 is 2.78 bits per heavy atom. The average molecular weight is 247 g/mol. The highest BCUT2D eigenvalue weighted by molar-refractivity contribution is 5.84. The zero-order chi connectivity index (χ0) is 12.8. The Morgan fingerprint density at radius 2 is 2.17 bits per heavy atom. The van der Waals surface area contributed by atoms with Crippen LogP contribution in [0.15, 0.2) is 24.3 Å². The highest BCUT2D eigenvalue weighted by Crippen LogP contribution is 2.14. The van der Waals surface area contributed by atoms with Crippen molar-refractivity contribution in [1.29, 1.82) is 0 Å². The van der Waals surface area contributed by atoms with Crippen LogP contribution < -0.4 is 10.1 Å². The second kappa shape index (κ2) is 6.55. The van der Waals surface area contributed by atoms with Crippen molar-refractivity contribution in [1.82, 2.24) is 5.32 Å². The van der Waals surface area contributed by atoms with Gasteiger partial charge < -0.3 is 10.1 Å². The van der Waals surface area contributed by atoms with Crippen molar-refractivity contribution in [2.45, 2.75) is 38.1 Å². The van der Waals surface area contributed by atoms with Gasteiger partial charge in [0.15, 0.2) is 0 Å². The van der Waals surface area contributed by atoms with Crippen molar-refractivity contribution in [2.75, 3.05) is 13.7 Å². The van der Waals surface area contributed by atoms with Gasteiger partial charge in [0.25, 0.3) is 0 Å². The van der Waals surface area contributed by atoms with E-state index in [9.17, 15) is 4.79 Å². The third-order valence-electron chi connectivity index (χ3n) is 3.50. The lowest BCUT2D eigenvalue weighted by molar-refractivity contribution is -0.120. The first-order valence-electron chi connectivity index (χ1n) is 6.68. The number of methoxy groups -OCH3 is 1. The molecule has 1 aromatic rings. The third-order valence-corrected chi connectivity index (χ3v) is 3.50. The molecule has 1 aliphatic heterocycles. The first-order valence-corrected chi connectivity index (χ1v) is 6.68. The Morgan fingerprint density at radius 1 is 1.39 bits per heavy atom. The van der Waals surface area contributed by atoms with E-state index in [1.165, 1.54) is 5.56 Å². The average Bonchev–Trinajstić information content (AvgIpc) is 2.93. The van der Waals surface area contributed by atoms with Gasteiger partial charge in [-0.25, -0.2) is 0 Å². The summed E-state index contributed by atoms with van der Waals surface area (Å²) < 4.78 is 5.12. The molecular weight excluding hydrogens is 226 g/mol. The minimum atomic E-state index is 0.126. The normalized spacial score (nSPS) is 18.8. The van der Waals surface area contributed by atoms with Gasteiger partial charge in [0.2, 0.25) is 0 Å². The maximum Gasteiger partial charge on any atom is 0.149 e. The van der Waals surface area contributed by atoms with Crippen LogP contribution in [0.3, 0.4) is 0 Å². The number of hydrogen-bond donors (Lipinski definition) is 1. The van der Waals surface area contributed by atoms with Gasteiger partial charge in [0.05, 0.1) is 13.2 Å². The van der Waals surface area contributed by atoms with Crippen LogP contribution in [0, 0.1) is 0 Å². The summed E-state index contributed by atoms with van der Waals surface area (Å²) in [6.07, 6.45) is 4.73. The molecule has 1 N–H and O–H groups in total. The van der Waals surface area contributed by atoms with Crippen molar-refractivity contribution < 1.29 is 9.53 Å². The number of Topliss-reactive ketones (excluding diaryl/α,β-unsaturated/α-hetero) is 1. The van der Waals surface area contributed by atoms with Crippen LogP contribution in [-0.2, 0) is 11.2 Å². The van der Waals surface area contributed by atoms with E-state index in [4.69, 9.17) is 4.74 Å². The maximum absolute atomic E-state index is 11.9. The van der Waals surface area contributed by atoms with E-state index in [0.29, 0.717) is 12.2 Å². The Labute approximate surface area is 109 Å². The van der Waals surface area contributed by atoms with Gasteiger partial charge in [-0.1, -0.05) is 12.1 Å². The van der Waals surface area contributed by atoms with Crippen LogP contribution in [-0.4, -0.2) is 25.5 Å². The fraction of sp³-hybridized carbons (Fsp3) is 0.533. The van der Waals surface area contributed by atoms with Crippen LogP contribution in [0.1, 0.15) is 31.2 Å². The molecule has 0 aliphatic carbocycles. The van der Waals surface area contributed by atoms with E-state index in [1.54, 1.807) is 7.11 Å². The number of rotatable bonds is 6. The number of hydrogen-bond acceptors (Lipinski definition) is 3. The zero-order valence-electron chi connectivity index (χ0n) is 10.9. The van der Waals surface area contributed by atoms with E-state index >= 15 is 0 Å². The molecule has 1 fully saturated rings. The second-order valence-electron chi connectivity index (χ2n) is 4.82. The molecule has 0 spiro atoms. The summed E-state index contributed by atoms with van der Waals surface area (Å²) in [7, 11) is 1.67. The largest absolute Gasteiger partial charge is 0.497 e. The molecule has 1 aromatic carbocycles. The molecule has 1 saturated heterocycles. The summed E-state index contributed by atoms with van der Waals surface area (Å²) in [4.78, 5) is 11.9. The minimum Gasteiger partial charge on any atom is -0.497 e. The predicted molar refractivity (Wildman–Crippen MR) is 72.0 cm³/mol. The van der Waals surface area contributed by atoms with Crippen molar-refractivity contribution in [3.63, 3.8) is 0 Å². The summed E-state index contributed by atoms with van der Waals surface area (Å²) in [6.45, 7) is 0.995. The lowest BCUT2D eigenvalue weighted by Crippen LogP contribution is -2.30. The summed E-state index contributed by atoms with van der Waals surface area (Å²) in [5, 5.41) is 3.25. The predicted octanol–water partition coefficient (Wildman–Crippen LogP) is 2.34. The van der Waals surface area contributed by atoms with Gasteiger partial charge in [-0.3, -0.25) is 4.79 Å². The van der Waals surface area contributed by atoms with Gasteiger partial charge in [0.1, 0.15) is 11.5 Å². The first kappa shape index (κ1) is 13.1. The fourth-order valence-electron chi connectivity index (χ4n) is 2.39. The number of ketones is 1. The summed E-state index contributed by atoms with van der Waals surface area (Å²) in [5.41, 5.74) is 1.27. The quantitative estimate of drug-likeness (QED) is 0.838. The molecule has 1 atom stereocenters. The molecule has 0 radical (unpaired) electrons.